The van der Waals surface area contributed by atoms with E-state index in [1.807, 2.05) is 13.8 Å². The van der Waals surface area contributed by atoms with Crippen LogP contribution >= 0.6 is 0 Å². The molecule has 0 fully saturated rings. The van der Waals surface area contributed by atoms with Gasteiger partial charge < -0.3 is 14.5 Å². The summed E-state index contributed by atoms with van der Waals surface area (Å²) in [5.74, 6) is 0.219. The third-order valence-corrected chi connectivity index (χ3v) is 7.70. The van der Waals surface area contributed by atoms with Crippen LogP contribution in [0.2, 0.25) is 0 Å². The van der Waals surface area contributed by atoms with Gasteiger partial charge in [-0.2, -0.15) is 5.10 Å². The third-order valence-electron chi connectivity index (χ3n) is 5.91. The molecule has 41 heavy (non-hydrogen) atoms. The highest BCUT2D eigenvalue weighted by molar-refractivity contribution is 7.92. The van der Waals surface area contributed by atoms with Gasteiger partial charge in [-0.3, -0.25) is 13.9 Å². The summed E-state index contributed by atoms with van der Waals surface area (Å²) in [6.07, 6.45) is 2.95. The van der Waals surface area contributed by atoms with E-state index in [1.54, 1.807) is 72.8 Å². The molecule has 0 atom stereocenters. The number of hydrogen-bond donors (Lipinski definition) is 2. The van der Waals surface area contributed by atoms with Crippen LogP contribution in [0.3, 0.4) is 0 Å². The van der Waals surface area contributed by atoms with E-state index in [4.69, 9.17) is 9.15 Å². The molecule has 0 radical (unpaired) electrons. The first kappa shape index (κ1) is 29.1. The quantitative estimate of drug-likeness (QED) is 0.195. The molecule has 0 saturated heterocycles. The number of sulfonamides is 1. The monoisotopic (exact) mass is 574 g/mol. The number of hydrazone groups is 1. The van der Waals surface area contributed by atoms with Crippen molar-refractivity contribution >= 4 is 33.7 Å². The van der Waals surface area contributed by atoms with Crippen LogP contribution in [-0.2, 0) is 26.2 Å². The van der Waals surface area contributed by atoms with E-state index in [0.29, 0.717) is 22.8 Å². The van der Waals surface area contributed by atoms with Crippen molar-refractivity contribution in [3.05, 3.63) is 114 Å². The fraction of sp³-hybridized carbons (Fsp3) is 0.167. The molecule has 0 aliphatic heterocycles. The summed E-state index contributed by atoms with van der Waals surface area (Å²) in [6, 6.07) is 23.6. The number of ether oxygens (including phenoxy) is 1. The van der Waals surface area contributed by atoms with Crippen LogP contribution < -0.4 is 19.8 Å². The molecule has 2 amide bonds. The zero-order valence-corrected chi connectivity index (χ0v) is 23.4. The minimum absolute atomic E-state index is 0.0808. The molecule has 0 aliphatic carbocycles. The lowest BCUT2D eigenvalue weighted by Crippen LogP contribution is -2.39. The number of benzene rings is 3. The average molecular weight is 575 g/mol. The van der Waals surface area contributed by atoms with Crippen molar-refractivity contribution in [2.24, 2.45) is 5.10 Å². The van der Waals surface area contributed by atoms with E-state index in [1.165, 1.54) is 24.6 Å². The van der Waals surface area contributed by atoms with Gasteiger partial charge in [0.15, 0.2) is 6.61 Å². The van der Waals surface area contributed by atoms with Gasteiger partial charge in [0.1, 0.15) is 18.1 Å². The number of amides is 2. The Kier molecular flexibility index (Phi) is 9.54. The smallest absolute Gasteiger partial charge is 0.264 e. The molecule has 0 saturated carbocycles. The molecular weight excluding hydrogens is 544 g/mol. The molecule has 3 aromatic carbocycles. The first-order valence-electron chi connectivity index (χ1n) is 12.7. The van der Waals surface area contributed by atoms with E-state index >= 15 is 0 Å². The molecule has 2 N–H and O–H groups in total. The molecule has 11 heteroatoms. The van der Waals surface area contributed by atoms with E-state index in [0.717, 1.165) is 15.4 Å². The molecule has 0 bridgehead atoms. The van der Waals surface area contributed by atoms with Gasteiger partial charge in [0.25, 0.3) is 21.8 Å². The molecule has 0 aliphatic rings. The molecule has 10 nitrogen and oxygen atoms in total. The van der Waals surface area contributed by atoms with Crippen molar-refractivity contribution in [3.8, 4) is 5.75 Å². The van der Waals surface area contributed by atoms with E-state index in [-0.39, 0.29) is 24.0 Å². The van der Waals surface area contributed by atoms with Crippen molar-refractivity contribution in [2.75, 3.05) is 17.5 Å². The fourth-order valence-electron chi connectivity index (χ4n) is 3.66. The summed E-state index contributed by atoms with van der Waals surface area (Å²) in [6.45, 7) is 3.41. The number of anilines is 1. The number of nitrogens with one attached hydrogen (secondary N) is 2. The molecule has 4 aromatic rings. The van der Waals surface area contributed by atoms with Crippen molar-refractivity contribution in [1.82, 2.24) is 10.7 Å². The van der Waals surface area contributed by atoms with Crippen LogP contribution in [0.1, 0.15) is 22.5 Å². The van der Waals surface area contributed by atoms with Crippen LogP contribution in [0.15, 0.2) is 106 Å². The lowest BCUT2D eigenvalue weighted by Gasteiger charge is -2.24. The summed E-state index contributed by atoms with van der Waals surface area (Å²) in [5.41, 5.74) is 5.28. The predicted molar refractivity (Wildman–Crippen MR) is 155 cm³/mol. The van der Waals surface area contributed by atoms with Crippen LogP contribution in [0.4, 0.5) is 5.69 Å². The van der Waals surface area contributed by atoms with Crippen LogP contribution in [0.5, 0.6) is 5.75 Å². The van der Waals surface area contributed by atoms with Crippen molar-refractivity contribution in [1.29, 1.82) is 0 Å². The SMILES string of the molecule is Cc1ccc(N(CC(=O)N/N=C\c2ccc(OCC(=O)NCc3ccco3)cc2)S(=O)(=O)c2ccc(C)cc2)cc1. The standard InChI is InChI=1S/C30H30N4O6S/c1-22-5-11-25(12-6-22)34(41(37,38)28-15-7-23(2)8-16-28)20-29(35)33-32-18-24-9-13-26(14-10-24)40-21-30(36)31-19-27-4-3-17-39-27/h3-18H,19-21H2,1-2H3,(H,31,36)(H,33,35)/b32-18-. The van der Waals surface area contributed by atoms with E-state index in [9.17, 15) is 18.0 Å². The average Bonchev–Trinajstić information content (AvgIpc) is 3.49. The normalized spacial score (nSPS) is 11.3. The van der Waals surface area contributed by atoms with Crippen LogP contribution in [0, 0.1) is 13.8 Å². The Labute approximate surface area is 238 Å². The number of carbonyl (C=O) groups is 2. The maximum atomic E-state index is 13.4. The Morgan fingerprint density at radius 1 is 0.902 bits per heavy atom. The number of rotatable bonds is 12. The Morgan fingerprint density at radius 2 is 1.56 bits per heavy atom. The Morgan fingerprint density at radius 3 is 2.20 bits per heavy atom. The van der Waals surface area contributed by atoms with Gasteiger partial charge in [0, 0.05) is 0 Å². The second-order valence-corrected chi connectivity index (χ2v) is 11.0. The number of hydrogen-bond acceptors (Lipinski definition) is 7. The summed E-state index contributed by atoms with van der Waals surface area (Å²) in [4.78, 5) is 24.8. The zero-order valence-electron chi connectivity index (χ0n) is 22.6. The molecular formula is C30H30N4O6S. The third kappa shape index (κ3) is 8.29. The molecule has 212 valence electrons. The number of nitrogens with zero attached hydrogens (tertiary/aromatic N) is 2. The molecule has 0 spiro atoms. The van der Waals surface area contributed by atoms with E-state index < -0.39 is 22.5 Å². The summed E-state index contributed by atoms with van der Waals surface area (Å²) in [5, 5.41) is 6.65. The van der Waals surface area contributed by atoms with Crippen molar-refractivity contribution in [2.45, 2.75) is 25.3 Å². The van der Waals surface area contributed by atoms with Gasteiger partial charge in [0.05, 0.1) is 29.6 Å². The van der Waals surface area contributed by atoms with Gasteiger partial charge in [0.2, 0.25) is 0 Å². The minimum Gasteiger partial charge on any atom is -0.484 e. The summed E-state index contributed by atoms with van der Waals surface area (Å²) in [7, 11) is -4.01. The zero-order chi connectivity index (χ0) is 29.2. The largest absolute Gasteiger partial charge is 0.484 e. The lowest BCUT2D eigenvalue weighted by atomic mass is 10.2. The highest BCUT2D eigenvalue weighted by atomic mass is 32.2. The maximum absolute atomic E-state index is 13.4. The van der Waals surface area contributed by atoms with Crippen molar-refractivity contribution in [3.63, 3.8) is 0 Å². The minimum atomic E-state index is -4.01. The van der Waals surface area contributed by atoms with Crippen LogP contribution in [-0.4, -0.2) is 39.6 Å². The van der Waals surface area contributed by atoms with E-state index in [2.05, 4.69) is 15.8 Å². The van der Waals surface area contributed by atoms with Gasteiger partial charge in [-0.1, -0.05) is 35.4 Å². The fourth-order valence-corrected chi connectivity index (χ4v) is 5.08. The molecule has 1 heterocycles. The highest BCUT2D eigenvalue weighted by Gasteiger charge is 2.27. The second-order valence-electron chi connectivity index (χ2n) is 9.17. The molecule has 0 unspecified atom stereocenters. The number of furan rings is 1. The predicted octanol–water partition coefficient (Wildman–Crippen LogP) is 3.94. The highest BCUT2D eigenvalue weighted by Crippen LogP contribution is 2.24. The first-order valence-corrected chi connectivity index (χ1v) is 14.1. The Hall–Kier alpha value is -4.90. The Balaban J connectivity index is 1.33. The summed E-state index contributed by atoms with van der Waals surface area (Å²) >= 11 is 0. The molecule has 1 aromatic heterocycles. The van der Waals surface area contributed by atoms with Gasteiger partial charge >= 0.3 is 0 Å². The summed E-state index contributed by atoms with van der Waals surface area (Å²) < 4.78 is 38.6. The van der Waals surface area contributed by atoms with Gasteiger partial charge in [-0.05, 0) is 80.1 Å². The van der Waals surface area contributed by atoms with Gasteiger partial charge in [-0.15, -0.1) is 0 Å². The molecule has 4 rings (SSSR count). The van der Waals surface area contributed by atoms with Crippen LogP contribution in [0.25, 0.3) is 0 Å². The topological polar surface area (TPSA) is 130 Å². The van der Waals surface area contributed by atoms with Gasteiger partial charge in [-0.25, -0.2) is 13.8 Å². The number of aryl methyl sites for hydroxylation is 2. The lowest BCUT2D eigenvalue weighted by molar-refractivity contribution is -0.123. The first-order chi connectivity index (χ1) is 19.7. The second kappa shape index (κ2) is 13.4. The maximum Gasteiger partial charge on any atom is 0.264 e. The van der Waals surface area contributed by atoms with Crippen molar-refractivity contribution < 1.29 is 27.2 Å². The Bertz CT molecular complexity index is 1580. The number of carbonyl (C=O) groups excluding carboxylic acids is 2.